The van der Waals surface area contributed by atoms with Crippen LogP contribution in [0.3, 0.4) is 0 Å². The molecule has 0 aromatic heterocycles. The normalized spacial score (nSPS) is 11.1. The summed E-state index contributed by atoms with van der Waals surface area (Å²) in [7, 11) is -2.45. The fraction of sp³-hybridized carbons (Fsp3) is 0.667. The molecule has 0 rings (SSSR count). The molecular formula is C12H22OSi2. The van der Waals surface area contributed by atoms with Gasteiger partial charge in [-0.05, 0) is 0 Å². The molecule has 0 aromatic carbocycles. The van der Waals surface area contributed by atoms with E-state index in [0.29, 0.717) is 13.2 Å². The lowest BCUT2D eigenvalue weighted by molar-refractivity contribution is 0.205. The molecule has 0 saturated carbocycles. The molecule has 0 aromatic rings. The second-order valence-corrected chi connectivity index (χ2v) is 15.1. The zero-order valence-corrected chi connectivity index (χ0v) is 12.8. The summed E-state index contributed by atoms with van der Waals surface area (Å²) in [6, 6.07) is 0. The van der Waals surface area contributed by atoms with Gasteiger partial charge in [-0.15, -0.1) is 11.1 Å². The molecule has 0 unspecified atom stereocenters. The van der Waals surface area contributed by atoms with Crippen LogP contribution < -0.4 is 0 Å². The molecule has 15 heavy (non-hydrogen) atoms. The van der Waals surface area contributed by atoms with E-state index in [2.05, 4.69) is 62.2 Å². The van der Waals surface area contributed by atoms with Crippen LogP contribution in [0.2, 0.25) is 39.3 Å². The molecule has 0 aliphatic heterocycles. The van der Waals surface area contributed by atoms with Crippen molar-refractivity contribution in [1.29, 1.82) is 0 Å². The zero-order valence-electron chi connectivity index (χ0n) is 10.8. The van der Waals surface area contributed by atoms with Gasteiger partial charge in [0.2, 0.25) is 0 Å². The topological polar surface area (TPSA) is 9.23 Å². The smallest absolute Gasteiger partial charge is 0.129 e. The number of hydrogen-bond acceptors (Lipinski definition) is 1. The van der Waals surface area contributed by atoms with Crippen molar-refractivity contribution in [1.82, 2.24) is 0 Å². The second-order valence-electron chi connectivity index (χ2n) is 5.60. The Kier molecular flexibility index (Phi) is 5.97. The predicted octanol–water partition coefficient (Wildman–Crippen LogP) is 2.76. The standard InChI is InChI=1S/C12H22OSi2/c1-14(2,3)11-7-9-13-10-8-12-15(4,5)6/h9-10H2,1-6H3. The Morgan fingerprint density at radius 3 is 1.33 bits per heavy atom. The van der Waals surface area contributed by atoms with Crippen molar-refractivity contribution in [3.05, 3.63) is 0 Å². The van der Waals surface area contributed by atoms with Crippen molar-refractivity contribution in [2.45, 2.75) is 39.3 Å². The molecule has 3 heteroatoms. The van der Waals surface area contributed by atoms with Crippen LogP contribution in [0.4, 0.5) is 0 Å². The molecule has 84 valence electrons. The number of rotatable bonds is 2. The lowest BCUT2D eigenvalue weighted by Gasteiger charge is -2.04. The first-order valence-corrected chi connectivity index (χ1v) is 12.3. The van der Waals surface area contributed by atoms with Gasteiger partial charge in [-0.25, -0.2) is 0 Å². The maximum Gasteiger partial charge on any atom is 0.129 e. The molecule has 0 bridgehead atoms. The van der Waals surface area contributed by atoms with Crippen LogP contribution in [-0.2, 0) is 4.74 Å². The van der Waals surface area contributed by atoms with E-state index in [9.17, 15) is 0 Å². The van der Waals surface area contributed by atoms with Crippen LogP contribution in [0, 0.1) is 22.9 Å². The number of hydrogen-bond donors (Lipinski definition) is 0. The van der Waals surface area contributed by atoms with Crippen molar-refractivity contribution in [3.63, 3.8) is 0 Å². The molecule has 0 aliphatic carbocycles. The van der Waals surface area contributed by atoms with Crippen molar-refractivity contribution in [2.75, 3.05) is 13.2 Å². The van der Waals surface area contributed by atoms with Crippen LogP contribution in [0.15, 0.2) is 0 Å². The van der Waals surface area contributed by atoms with E-state index >= 15 is 0 Å². The third-order valence-corrected chi connectivity index (χ3v) is 3.13. The van der Waals surface area contributed by atoms with Crippen LogP contribution in [0.25, 0.3) is 0 Å². The highest BCUT2D eigenvalue weighted by molar-refractivity contribution is 6.84. The van der Waals surface area contributed by atoms with Crippen molar-refractivity contribution in [2.24, 2.45) is 0 Å². The maximum absolute atomic E-state index is 5.32. The molecule has 0 atom stereocenters. The number of ether oxygens (including phenoxy) is 1. The quantitative estimate of drug-likeness (QED) is 0.408. The Bertz CT molecular complexity index is 267. The van der Waals surface area contributed by atoms with Crippen LogP contribution in [0.1, 0.15) is 0 Å². The minimum Gasteiger partial charge on any atom is -0.356 e. The summed E-state index contributed by atoms with van der Waals surface area (Å²) < 4.78 is 5.32. The largest absolute Gasteiger partial charge is 0.356 e. The summed E-state index contributed by atoms with van der Waals surface area (Å²) in [6.45, 7) is 14.4. The van der Waals surface area contributed by atoms with E-state index in [0.717, 1.165) is 0 Å². The fourth-order valence-corrected chi connectivity index (χ4v) is 1.96. The molecule has 0 spiro atoms. The molecule has 0 fully saturated rings. The minimum atomic E-state index is -1.23. The first-order chi connectivity index (χ1) is 6.71. The molecule has 0 heterocycles. The average Bonchev–Trinajstić information content (AvgIpc) is 1.98. The van der Waals surface area contributed by atoms with Gasteiger partial charge in [0.25, 0.3) is 0 Å². The highest BCUT2D eigenvalue weighted by Gasteiger charge is 2.07. The van der Waals surface area contributed by atoms with E-state index in [1.807, 2.05) is 0 Å². The Morgan fingerprint density at radius 1 is 0.733 bits per heavy atom. The Morgan fingerprint density at radius 2 is 1.07 bits per heavy atom. The summed E-state index contributed by atoms with van der Waals surface area (Å²) in [5.74, 6) is 6.11. The molecule has 0 radical (unpaired) electrons. The third-order valence-electron chi connectivity index (χ3n) is 1.28. The average molecular weight is 238 g/mol. The second kappa shape index (κ2) is 6.17. The highest BCUT2D eigenvalue weighted by Crippen LogP contribution is 1.96. The van der Waals surface area contributed by atoms with Crippen LogP contribution in [-0.4, -0.2) is 29.4 Å². The van der Waals surface area contributed by atoms with Gasteiger partial charge in [0.05, 0.1) is 0 Å². The van der Waals surface area contributed by atoms with Crippen molar-refractivity contribution < 1.29 is 4.74 Å². The molecule has 0 aliphatic rings. The Labute approximate surface area is 96.6 Å². The van der Waals surface area contributed by atoms with Gasteiger partial charge in [0, 0.05) is 0 Å². The summed E-state index contributed by atoms with van der Waals surface area (Å²) >= 11 is 0. The monoisotopic (exact) mass is 238 g/mol. The molecule has 0 amide bonds. The summed E-state index contributed by atoms with van der Waals surface area (Å²) in [5, 5.41) is 0. The molecular weight excluding hydrogens is 216 g/mol. The summed E-state index contributed by atoms with van der Waals surface area (Å²) in [5.41, 5.74) is 6.51. The SMILES string of the molecule is C[Si](C)(C)C#CCOCC#C[Si](C)(C)C. The van der Waals surface area contributed by atoms with Gasteiger partial charge < -0.3 is 4.74 Å². The first-order valence-electron chi connectivity index (χ1n) is 5.28. The van der Waals surface area contributed by atoms with E-state index in [1.54, 1.807) is 0 Å². The van der Waals surface area contributed by atoms with Gasteiger partial charge in [-0.3, -0.25) is 0 Å². The summed E-state index contributed by atoms with van der Waals surface area (Å²) in [6.07, 6.45) is 0. The fourth-order valence-electron chi connectivity index (χ4n) is 0.756. The van der Waals surface area contributed by atoms with Crippen LogP contribution >= 0.6 is 0 Å². The summed E-state index contributed by atoms with van der Waals surface area (Å²) in [4.78, 5) is 0. The Hall–Kier alpha value is -0.486. The van der Waals surface area contributed by atoms with Gasteiger partial charge >= 0.3 is 0 Å². The van der Waals surface area contributed by atoms with Crippen molar-refractivity contribution >= 4 is 16.1 Å². The van der Waals surface area contributed by atoms with E-state index < -0.39 is 16.1 Å². The Balaban J connectivity index is 3.72. The van der Waals surface area contributed by atoms with Gasteiger partial charge in [-0.2, -0.15) is 0 Å². The van der Waals surface area contributed by atoms with Crippen LogP contribution in [0.5, 0.6) is 0 Å². The zero-order chi connectivity index (χ0) is 11.9. The van der Waals surface area contributed by atoms with E-state index in [1.165, 1.54) is 0 Å². The highest BCUT2D eigenvalue weighted by atomic mass is 28.3. The molecule has 0 N–H and O–H groups in total. The first kappa shape index (κ1) is 14.5. The van der Waals surface area contributed by atoms with E-state index in [4.69, 9.17) is 4.74 Å². The van der Waals surface area contributed by atoms with Gasteiger partial charge in [0.15, 0.2) is 0 Å². The van der Waals surface area contributed by atoms with E-state index in [-0.39, 0.29) is 0 Å². The lowest BCUT2D eigenvalue weighted by Crippen LogP contribution is -2.17. The van der Waals surface area contributed by atoms with Gasteiger partial charge in [-0.1, -0.05) is 51.1 Å². The minimum absolute atomic E-state index is 0.519. The maximum atomic E-state index is 5.32. The predicted molar refractivity (Wildman–Crippen MR) is 73.1 cm³/mol. The lowest BCUT2D eigenvalue weighted by atomic mass is 10.7. The van der Waals surface area contributed by atoms with Gasteiger partial charge in [0.1, 0.15) is 29.4 Å². The molecule has 1 nitrogen and oxygen atoms in total. The molecule has 0 saturated heterocycles. The third kappa shape index (κ3) is 13.5. The van der Waals surface area contributed by atoms with Crippen molar-refractivity contribution in [3.8, 4) is 22.9 Å².